The highest BCUT2D eigenvalue weighted by Gasteiger charge is 2.59. The van der Waals surface area contributed by atoms with Gasteiger partial charge in [0.1, 0.15) is 5.54 Å². The number of carbonyl (C=O) groups excluding carboxylic acids is 2. The molecule has 4 rings (SSSR count). The van der Waals surface area contributed by atoms with E-state index in [9.17, 15) is 22.8 Å². The number of halogens is 3. The maximum absolute atomic E-state index is 13.5. The predicted octanol–water partition coefficient (Wildman–Crippen LogP) is 4.14. The van der Waals surface area contributed by atoms with E-state index in [1.54, 1.807) is 35.2 Å². The normalized spacial score (nSPS) is 17.5. The zero-order valence-corrected chi connectivity index (χ0v) is 17.9. The van der Waals surface area contributed by atoms with E-state index in [1.165, 1.54) is 18.2 Å². The number of thiocarbonyl (C=S) groups is 1. The molecule has 6 nitrogen and oxygen atoms in total. The van der Waals surface area contributed by atoms with Gasteiger partial charge in [-0.15, -0.1) is 0 Å². The third-order valence-corrected chi connectivity index (χ3v) is 6.24. The van der Waals surface area contributed by atoms with Gasteiger partial charge in [-0.1, -0.05) is 12.1 Å². The molecular formula is C23H17F3N4O2S. The first kappa shape index (κ1) is 22.5. The zero-order chi connectivity index (χ0) is 24.0. The molecule has 1 spiro atoms. The molecule has 1 saturated carbocycles. The number of primary amides is 1. The summed E-state index contributed by atoms with van der Waals surface area (Å²) in [5.74, 6) is -0.982. The van der Waals surface area contributed by atoms with Gasteiger partial charge in [-0.25, -0.2) is 0 Å². The quantitative estimate of drug-likeness (QED) is 0.536. The van der Waals surface area contributed by atoms with Crippen LogP contribution in [0.5, 0.6) is 0 Å². The number of nitrogens with zero attached hydrogens (tertiary/aromatic N) is 3. The Morgan fingerprint density at radius 3 is 2.30 bits per heavy atom. The van der Waals surface area contributed by atoms with E-state index in [1.807, 2.05) is 0 Å². The van der Waals surface area contributed by atoms with Crippen molar-refractivity contribution in [2.45, 2.75) is 31.0 Å². The lowest BCUT2D eigenvalue weighted by atomic mass is 9.75. The predicted molar refractivity (Wildman–Crippen MR) is 120 cm³/mol. The van der Waals surface area contributed by atoms with Crippen molar-refractivity contribution in [3.05, 3.63) is 65.2 Å². The van der Waals surface area contributed by atoms with Crippen LogP contribution in [0.1, 0.15) is 36.0 Å². The third-order valence-electron chi connectivity index (χ3n) is 5.87. The molecule has 2 aromatic carbocycles. The second-order valence-electron chi connectivity index (χ2n) is 7.81. The molecule has 33 heavy (non-hydrogen) atoms. The van der Waals surface area contributed by atoms with Gasteiger partial charge in [0.2, 0.25) is 5.91 Å². The molecule has 0 bridgehead atoms. The molecule has 1 heterocycles. The summed E-state index contributed by atoms with van der Waals surface area (Å²) in [5, 5.41) is 9.13. The Kier molecular flexibility index (Phi) is 5.46. The van der Waals surface area contributed by atoms with Gasteiger partial charge in [0.25, 0.3) is 5.91 Å². The smallest absolute Gasteiger partial charge is 0.366 e. The van der Waals surface area contributed by atoms with Crippen molar-refractivity contribution in [3.8, 4) is 6.07 Å². The van der Waals surface area contributed by atoms with Gasteiger partial charge in [-0.2, -0.15) is 18.4 Å². The molecule has 1 saturated heterocycles. The van der Waals surface area contributed by atoms with Crippen LogP contribution in [-0.2, 0) is 15.8 Å². The fourth-order valence-corrected chi connectivity index (χ4v) is 4.59. The van der Waals surface area contributed by atoms with Gasteiger partial charge in [0.15, 0.2) is 5.11 Å². The van der Waals surface area contributed by atoms with Crippen LogP contribution in [0.25, 0.3) is 6.08 Å². The Morgan fingerprint density at radius 1 is 1.15 bits per heavy atom. The molecule has 2 aliphatic rings. The molecular weight excluding hydrogens is 453 g/mol. The van der Waals surface area contributed by atoms with Gasteiger partial charge < -0.3 is 10.6 Å². The zero-order valence-electron chi connectivity index (χ0n) is 17.1. The summed E-state index contributed by atoms with van der Waals surface area (Å²) < 4.78 is 40.5. The number of amides is 2. The maximum Gasteiger partial charge on any atom is 0.417 e. The molecule has 0 atom stereocenters. The minimum atomic E-state index is -4.76. The Bertz CT molecular complexity index is 1230. The second kappa shape index (κ2) is 8.01. The van der Waals surface area contributed by atoms with E-state index < -0.39 is 34.7 Å². The lowest BCUT2D eigenvalue weighted by Gasteiger charge is -2.43. The standard InChI is InChI=1S/C23H17F3N4O2S/c24-23(25,26)18-12-17(8-5-15(18)13-27)29-20(32)22(10-1-11-22)30(21(29)33)16-6-2-14(3-7-16)4-9-19(28)31/h2-9,12H,1,10-11H2,(H2,28,31). The van der Waals surface area contributed by atoms with Crippen LogP contribution in [-0.4, -0.2) is 22.5 Å². The van der Waals surface area contributed by atoms with Gasteiger partial charge >= 0.3 is 6.18 Å². The number of hydrogen-bond donors (Lipinski definition) is 1. The summed E-state index contributed by atoms with van der Waals surface area (Å²) in [6.07, 6.45) is -0.201. The minimum absolute atomic E-state index is 0.0360. The number of alkyl halides is 3. The van der Waals surface area contributed by atoms with Gasteiger partial charge in [0.05, 0.1) is 22.9 Å². The average Bonchev–Trinajstić information content (AvgIpc) is 2.98. The van der Waals surface area contributed by atoms with E-state index in [0.717, 1.165) is 23.5 Å². The first-order valence-corrected chi connectivity index (χ1v) is 10.4. The molecule has 0 aromatic heterocycles. The Labute approximate surface area is 192 Å². The van der Waals surface area contributed by atoms with Crippen molar-refractivity contribution in [2.24, 2.45) is 5.73 Å². The number of rotatable bonds is 4. The van der Waals surface area contributed by atoms with Gasteiger partial charge in [-0.05, 0) is 73.5 Å². The summed E-state index contributed by atoms with van der Waals surface area (Å²) in [7, 11) is 0. The monoisotopic (exact) mass is 470 g/mol. The number of hydrogen-bond acceptors (Lipinski definition) is 4. The average molecular weight is 470 g/mol. The second-order valence-corrected chi connectivity index (χ2v) is 8.18. The number of anilines is 2. The Hall–Kier alpha value is -3.71. The lowest BCUT2D eigenvalue weighted by molar-refractivity contribution is -0.137. The van der Waals surface area contributed by atoms with Crippen LogP contribution in [0, 0.1) is 11.3 Å². The van der Waals surface area contributed by atoms with E-state index in [-0.39, 0.29) is 10.8 Å². The van der Waals surface area contributed by atoms with Crippen molar-refractivity contribution in [2.75, 3.05) is 9.80 Å². The molecule has 2 N–H and O–H groups in total. The molecule has 10 heteroatoms. The number of nitriles is 1. The molecule has 2 amide bonds. The lowest BCUT2D eigenvalue weighted by Crippen LogP contribution is -2.55. The fourth-order valence-electron chi connectivity index (χ4n) is 4.12. The first-order chi connectivity index (χ1) is 15.6. The summed E-state index contributed by atoms with van der Waals surface area (Å²) >= 11 is 5.58. The molecule has 1 aliphatic carbocycles. The van der Waals surface area contributed by atoms with Crippen molar-refractivity contribution < 1.29 is 22.8 Å². The minimum Gasteiger partial charge on any atom is -0.366 e. The molecule has 1 aliphatic heterocycles. The van der Waals surface area contributed by atoms with Crippen LogP contribution < -0.4 is 15.5 Å². The van der Waals surface area contributed by atoms with Crippen molar-refractivity contribution in [3.63, 3.8) is 0 Å². The first-order valence-electron chi connectivity index (χ1n) is 9.96. The molecule has 0 unspecified atom stereocenters. The topological polar surface area (TPSA) is 90.4 Å². The van der Waals surface area contributed by atoms with Crippen LogP contribution in [0.3, 0.4) is 0 Å². The van der Waals surface area contributed by atoms with E-state index >= 15 is 0 Å². The third kappa shape index (κ3) is 3.74. The van der Waals surface area contributed by atoms with E-state index in [2.05, 4.69) is 0 Å². The molecule has 168 valence electrons. The van der Waals surface area contributed by atoms with Gasteiger partial charge in [0, 0.05) is 11.8 Å². The van der Waals surface area contributed by atoms with Crippen LogP contribution in [0.4, 0.5) is 24.5 Å². The van der Waals surface area contributed by atoms with Crippen LogP contribution >= 0.6 is 12.2 Å². The van der Waals surface area contributed by atoms with Crippen molar-refractivity contribution >= 4 is 46.6 Å². The summed E-state index contributed by atoms with van der Waals surface area (Å²) in [5.41, 5.74) is 3.77. The maximum atomic E-state index is 13.5. The number of carbonyl (C=O) groups is 2. The Morgan fingerprint density at radius 2 is 1.79 bits per heavy atom. The van der Waals surface area contributed by atoms with Gasteiger partial charge in [-0.3, -0.25) is 14.5 Å². The Balaban J connectivity index is 1.74. The summed E-state index contributed by atoms with van der Waals surface area (Å²) in [6, 6.07) is 11.6. The fraction of sp³-hybridized carbons (Fsp3) is 0.217. The van der Waals surface area contributed by atoms with E-state index in [4.69, 9.17) is 23.2 Å². The van der Waals surface area contributed by atoms with Crippen LogP contribution in [0.15, 0.2) is 48.5 Å². The molecule has 2 aromatic rings. The van der Waals surface area contributed by atoms with Crippen molar-refractivity contribution in [1.29, 1.82) is 5.26 Å². The molecule has 2 fully saturated rings. The summed E-state index contributed by atoms with van der Waals surface area (Å²) in [6.45, 7) is 0. The van der Waals surface area contributed by atoms with Crippen molar-refractivity contribution in [1.82, 2.24) is 0 Å². The number of nitrogens with two attached hydrogens (primary N) is 1. The van der Waals surface area contributed by atoms with Crippen LogP contribution in [0.2, 0.25) is 0 Å². The SMILES string of the molecule is N#Cc1ccc(N2C(=O)C3(CCC3)N(c3ccc(C=CC(N)=O)cc3)C2=S)cc1C(F)(F)F. The highest BCUT2D eigenvalue weighted by Crippen LogP contribution is 2.48. The summed E-state index contributed by atoms with van der Waals surface area (Å²) in [4.78, 5) is 27.2. The van der Waals surface area contributed by atoms with E-state index in [0.29, 0.717) is 24.1 Å². The largest absolute Gasteiger partial charge is 0.417 e. The molecule has 0 radical (unpaired) electrons. The number of benzene rings is 2. The highest BCUT2D eigenvalue weighted by atomic mass is 32.1. The highest BCUT2D eigenvalue weighted by molar-refractivity contribution is 7.81.